The van der Waals surface area contributed by atoms with Crippen molar-refractivity contribution in [1.82, 2.24) is 0 Å². The number of hydrogen-bond donors (Lipinski definition) is 1. The summed E-state index contributed by atoms with van der Waals surface area (Å²) in [5, 5.41) is 0. The summed E-state index contributed by atoms with van der Waals surface area (Å²) in [6, 6.07) is 0.0153. The van der Waals surface area contributed by atoms with Crippen LogP contribution in [0.5, 0.6) is 0 Å². The zero-order valence-corrected chi connectivity index (χ0v) is 8.29. The second kappa shape index (κ2) is 5.22. The summed E-state index contributed by atoms with van der Waals surface area (Å²) >= 11 is 0. The molecule has 2 N–H and O–H groups in total. The van der Waals surface area contributed by atoms with Crippen LogP contribution >= 0.6 is 0 Å². The molecule has 0 saturated heterocycles. The highest BCUT2D eigenvalue weighted by Crippen LogP contribution is 2.23. The first-order valence-corrected chi connectivity index (χ1v) is 5.18. The second-order valence-electron chi connectivity index (χ2n) is 3.66. The van der Waals surface area contributed by atoms with E-state index in [1.165, 1.54) is 6.42 Å². The van der Waals surface area contributed by atoms with Gasteiger partial charge < -0.3 is 10.5 Å². The van der Waals surface area contributed by atoms with Crippen LogP contribution in [0, 0.1) is 5.92 Å². The Morgan fingerprint density at radius 1 is 1.38 bits per heavy atom. The van der Waals surface area contributed by atoms with Crippen LogP contribution in [0.25, 0.3) is 0 Å². The Morgan fingerprint density at radius 3 is 2.77 bits per heavy atom. The van der Waals surface area contributed by atoms with Crippen LogP contribution in [0.3, 0.4) is 0 Å². The predicted molar refractivity (Wildman–Crippen MR) is 51.2 cm³/mol. The van der Waals surface area contributed by atoms with Crippen LogP contribution in [0.2, 0.25) is 0 Å². The molecule has 76 valence electrons. The number of carbonyl (C=O) groups is 1. The molecule has 1 aliphatic rings. The largest absolute Gasteiger partial charge is 0.466 e. The minimum absolute atomic E-state index is 0.0153. The van der Waals surface area contributed by atoms with Crippen molar-refractivity contribution in [2.75, 3.05) is 6.61 Å². The highest BCUT2D eigenvalue weighted by atomic mass is 16.5. The average Bonchev–Trinajstić information content (AvgIpc) is 2.30. The molecule has 0 aromatic carbocycles. The molecule has 1 fully saturated rings. The Bertz CT molecular complexity index is 170. The zero-order valence-electron chi connectivity index (χ0n) is 8.29. The number of hydrogen-bond acceptors (Lipinski definition) is 3. The molecule has 3 nitrogen and oxygen atoms in total. The molecule has 1 saturated carbocycles. The van der Waals surface area contributed by atoms with Crippen molar-refractivity contribution < 1.29 is 9.53 Å². The number of carbonyl (C=O) groups excluding carboxylic acids is 1. The van der Waals surface area contributed by atoms with E-state index >= 15 is 0 Å². The van der Waals surface area contributed by atoms with Gasteiger partial charge in [-0.25, -0.2) is 0 Å². The van der Waals surface area contributed by atoms with Crippen molar-refractivity contribution in [3.8, 4) is 0 Å². The third-order valence-electron chi connectivity index (χ3n) is 2.66. The van der Waals surface area contributed by atoms with Gasteiger partial charge >= 0.3 is 5.97 Å². The molecule has 1 rings (SSSR count). The molecule has 0 aromatic heterocycles. The van der Waals surface area contributed by atoms with Gasteiger partial charge in [0.25, 0.3) is 0 Å². The maximum Gasteiger partial charge on any atom is 0.310 e. The molecule has 0 unspecified atom stereocenters. The number of ether oxygens (including phenoxy) is 1. The van der Waals surface area contributed by atoms with Gasteiger partial charge in [-0.05, 0) is 19.8 Å². The van der Waals surface area contributed by atoms with Crippen molar-refractivity contribution in [2.24, 2.45) is 11.7 Å². The zero-order chi connectivity index (χ0) is 9.68. The van der Waals surface area contributed by atoms with Crippen LogP contribution in [-0.4, -0.2) is 18.6 Å². The first-order valence-electron chi connectivity index (χ1n) is 5.18. The number of rotatable bonds is 2. The highest BCUT2D eigenvalue weighted by molar-refractivity contribution is 5.73. The summed E-state index contributed by atoms with van der Waals surface area (Å²) in [6.45, 7) is 2.29. The van der Waals surface area contributed by atoms with E-state index in [1.54, 1.807) is 0 Å². The summed E-state index contributed by atoms with van der Waals surface area (Å²) in [4.78, 5) is 11.5. The lowest BCUT2D eigenvalue weighted by Gasteiger charge is -2.18. The van der Waals surface area contributed by atoms with Gasteiger partial charge in [-0.2, -0.15) is 0 Å². The minimum Gasteiger partial charge on any atom is -0.466 e. The summed E-state index contributed by atoms with van der Waals surface area (Å²) in [7, 11) is 0. The van der Waals surface area contributed by atoms with Gasteiger partial charge in [0.2, 0.25) is 0 Å². The first-order chi connectivity index (χ1) is 6.25. The number of esters is 1. The normalized spacial score (nSPS) is 29.4. The van der Waals surface area contributed by atoms with Crippen LogP contribution in [0.15, 0.2) is 0 Å². The van der Waals surface area contributed by atoms with E-state index in [4.69, 9.17) is 10.5 Å². The maximum absolute atomic E-state index is 11.5. The molecule has 0 spiro atoms. The smallest absolute Gasteiger partial charge is 0.310 e. The quantitative estimate of drug-likeness (QED) is 0.523. The van der Waals surface area contributed by atoms with Gasteiger partial charge in [-0.1, -0.05) is 19.3 Å². The summed E-state index contributed by atoms with van der Waals surface area (Å²) < 4.78 is 4.99. The molecule has 13 heavy (non-hydrogen) atoms. The lowest BCUT2D eigenvalue weighted by atomic mass is 9.96. The van der Waals surface area contributed by atoms with Crippen LogP contribution < -0.4 is 5.73 Å². The van der Waals surface area contributed by atoms with E-state index in [1.807, 2.05) is 6.92 Å². The van der Waals surface area contributed by atoms with E-state index in [2.05, 4.69) is 0 Å². The second-order valence-corrected chi connectivity index (χ2v) is 3.66. The summed E-state index contributed by atoms with van der Waals surface area (Å²) in [5.41, 5.74) is 5.91. The first kappa shape index (κ1) is 10.5. The maximum atomic E-state index is 11.5. The highest BCUT2D eigenvalue weighted by Gasteiger charge is 2.27. The van der Waals surface area contributed by atoms with E-state index in [0.717, 1.165) is 25.7 Å². The number of nitrogens with two attached hydrogens (primary N) is 1. The van der Waals surface area contributed by atoms with E-state index < -0.39 is 0 Å². The predicted octanol–water partition coefficient (Wildman–Crippen LogP) is 1.46. The summed E-state index contributed by atoms with van der Waals surface area (Å²) in [5.74, 6) is -0.153. The van der Waals surface area contributed by atoms with Crippen LogP contribution in [0.4, 0.5) is 0 Å². The van der Waals surface area contributed by atoms with Gasteiger partial charge in [0, 0.05) is 6.04 Å². The fourth-order valence-electron chi connectivity index (χ4n) is 1.88. The minimum atomic E-state index is -0.100. The molecular formula is C10H19NO2. The topological polar surface area (TPSA) is 52.3 Å². The van der Waals surface area contributed by atoms with Crippen molar-refractivity contribution >= 4 is 5.97 Å². The van der Waals surface area contributed by atoms with Crippen molar-refractivity contribution in [1.29, 1.82) is 0 Å². The Morgan fingerprint density at radius 2 is 2.08 bits per heavy atom. The third kappa shape index (κ3) is 2.99. The lowest BCUT2D eigenvalue weighted by Crippen LogP contribution is -2.35. The molecule has 1 aliphatic carbocycles. The molecule has 2 atom stereocenters. The van der Waals surface area contributed by atoms with Gasteiger partial charge in [-0.3, -0.25) is 4.79 Å². The SMILES string of the molecule is CCOC(=O)[C@@H]1CCCCC[C@@H]1N. The monoisotopic (exact) mass is 185 g/mol. The van der Waals surface area contributed by atoms with E-state index in [-0.39, 0.29) is 17.9 Å². The third-order valence-corrected chi connectivity index (χ3v) is 2.66. The standard InChI is InChI=1S/C10H19NO2/c1-2-13-10(12)8-6-4-3-5-7-9(8)11/h8-9H,2-7,11H2,1H3/t8-,9+/m1/s1. The van der Waals surface area contributed by atoms with Gasteiger partial charge in [0.05, 0.1) is 12.5 Å². The van der Waals surface area contributed by atoms with Crippen LogP contribution in [0.1, 0.15) is 39.0 Å². The lowest BCUT2D eigenvalue weighted by molar-refractivity contribution is -0.148. The molecule has 0 bridgehead atoms. The average molecular weight is 185 g/mol. The molecular weight excluding hydrogens is 166 g/mol. The van der Waals surface area contributed by atoms with Crippen LogP contribution in [-0.2, 0) is 9.53 Å². The molecule has 3 heteroatoms. The van der Waals surface area contributed by atoms with Gasteiger partial charge in [-0.15, -0.1) is 0 Å². The molecule has 0 aliphatic heterocycles. The van der Waals surface area contributed by atoms with Crippen molar-refractivity contribution in [3.63, 3.8) is 0 Å². The molecule has 0 radical (unpaired) electrons. The molecule has 0 aromatic rings. The van der Waals surface area contributed by atoms with Gasteiger partial charge in [0.15, 0.2) is 0 Å². The summed E-state index contributed by atoms with van der Waals surface area (Å²) in [6.07, 6.45) is 5.32. The van der Waals surface area contributed by atoms with Crippen molar-refractivity contribution in [3.05, 3.63) is 0 Å². The van der Waals surface area contributed by atoms with Crippen molar-refractivity contribution in [2.45, 2.75) is 45.1 Å². The fourth-order valence-corrected chi connectivity index (χ4v) is 1.88. The fraction of sp³-hybridized carbons (Fsp3) is 0.900. The van der Waals surface area contributed by atoms with E-state index in [9.17, 15) is 4.79 Å². The van der Waals surface area contributed by atoms with E-state index in [0.29, 0.717) is 6.61 Å². The Kier molecular flexibility index (Phi) is 4.22. The Labute approximate surface area is 79.6 Å². The molecule has 0 heterocycles. The Balaban J connectivity index is 2.48. The van der Waals surface area contributed by atoms with Gasteiger partial charge in [0.1, 0.15) is 0 Å². The molecule has 0 amide bonds. The Hall–Kier alpha value is -0.570.